The van der Waals surface area contributed by atoms with Crippen LogP contribution in [0.15, 0.2) is 66.0 Å². The smallest absolute Gasteiger partial charge is 0.269 e. The number of carbonyl (C=O) groups is 3. The van der Waals surface area contributed by atoms with Crippen LogP contribution in [0.2, 0.25) is 0 Å². The molecular formula is C32H36N4O6S. The molecule has 1 aromatic heterocycles. The Morgan fingerprint density at radius 1 is 1.05 bits per heavy atom. The number of amides is 2. The second kappa shape index (κ2) is 13.0. The summed E-state index contributed by atoms with van der Waals surface area (Å²) in [5.74, 6) is -1.41. The van der Waals surface area contributed by atoms with Gasteiger partial charge in [-0.3, -0.25) is 24.5 Å². The lowest BCUT2D eigenvalue weighted by Gasteiger charge is -2.36. The van der Waals surface area contributed by atoms with E-state index in [1.54, 1.807) is 29.0 Å². The van der Waals surface area contributed by atoms with Crippen LogP contribution in [0.4, 0.5) is 5.69 Å². The molecule has 3 aromatic rings. The Labute approximate surface area is 254 Å². The van der Waals surface area contributed by atoms with Gasteiger partial charge in [0.25, 0.3) is 5.69 Å². The van der Waals surface area contributed by atoms with Crippen molar-refractivity contribution in [3.63, 3.8) is 0 Å². The van der Waals surface area contributed by atoms with E-state index in [1.807, 2.05) is 43.5 Å². The number of methoxy groups -OCH3 is 1. The summed E-state index contributed by atoms with van der Waals surface area (Å²) in [7, 11) is 1.57. The van der Waals surface area contributed by atoms with E-state index < -0.39 is 28.8 Å². The van der Waals surface area contributed by atoms with Crippen LogP contribution in [-0.2, 0) is 9.59 Å². The molecule has 0 radical (unpaired) electrons. The fourth-order valence-electron chi connectivity index (χ4n) is 6.25. The number of nitrogens with one attached hydrogen (secondary N) is 1. The highest BCUT2D eigenvalue weighted by Crippen LogP contribution is 2.53. The number of nitrogens with zero attached hydrogens (tertiary/aromatic N) is 3. The molecule has 2 saturated heterocycles. The van der Waals surface area contributed by atoms with E-state index in [9.17, 15) is 24.5 Å². The quantitative estimate of drug-likeness (QED) is 0.214. The van der Waals surface area contributed by atoms with Crippen molar-refractivity contribution in [3.05, 3.63) is 92.2 Å². The fraction of sp³-hybridized carbons (Fsp3) is 0.406. The summed E-state index contributed by atoms with van der Waals surface area (Å²) < 4.78 is 5.38. The topological polar surface area (TPSA) is 122 Å². The SMILES string of the molecule is COc1ccc(C2C(C(=O)c3ccc([N+](=O)[O-])cc3)C(c3cccs3)C(C(=O)N3CCNCC3)N2C(=O)CC(C)C)cc1. The number of hydrogen-bond acceptors (Lipinski definition) is 8. The number of non-ortho nitro benzene ring substituents is 1. The first-order valence-electron chi connectivity index (χ1n) is 14.5. The molecule has 43 heavy (non-hydrogen) atoms. The minimum absolute atomic E-state index is 0.0311. The second-order valence-electron chi connectivity index (χ2n) is 11.4. The average Bonchev–Trinajstić information content (AvgIpc) is 3.67. The van der Waals surface area contributed by atoms with E-state index in [0.29, 0.717) is 37.5 Å². The van der Waals surface area contributed by atoms with Crippen LogP contribution >= 0.6 is 11.3 Å². The molecule has 10 nitrogen and oxygen atoms in total. The van der Waals surface area contributed by atoms with Crippen molar-refractivity contribution in [1.29, 1.82) is 0 Å². The Bertz CT molecular complexity index is 1450. The Kier molecular flexibility index (Phi) is 9.22. The van der Waals surface area contributed by atoms with Crippen LogP contribution in [0.25, 0.3) is 0 Å². The van der Waals surface area contributed by atoms with Crippen LogP contribution in [-0.4, -0.2) is 71.7 Å². The van der Waals surface area contributed by atoms with Gasteiger partial charge < -0.3 is 19.9 Å². The van der Waals surface area contributed by atoms with Crippen LogP contribution in [0.1, 0.15) is 53.0 Å². The molecule has 2 amide bonds. The van der Waals surface area contributed by atoms with E-state index in [4.69, 9.17) is 4.74 Å². The van der Waals surface area contributed by atoms with Gasteiger partial charge in [0.15, 0.2) is 5.78 Å². The van der Waals surface area contributed by atoms with Gasteiger partial charge in [-0.1, -0.05) is 32.0 Å². The third-order valence-corrected chi connectivity index (χ3v) is 9.19. The van der Waals surface area contributed by atoms with Gasteiger partial charge in [-0.05, 0) is 47.2 Å². The molecule has 0 saturated carbocycles. The molecule has 2 aliphatic heterocycles. The number of thiophene rings is 1. The number of piperazine rings is 1. The van der Waals surface area contributed by atoms with E-state index >= 15 is 0 Å². The molecule has 0 bridgehead atoms. The largest absolute Gasteiger partial charge is 0.497 e. The van der Waals surface area contributed by atoms with Gasteiger partial charge in [-0.2, -0.15) is 0 Å². The number of nitro benzene ring substituents is 1. The molecule has 2 fully saturated rings. The molecule has 226 valence electrons. The lowest BCUT2D eigenvalue weighted by Crippen LogP contribution is -2.55. The number of hydrogen-bond donors (Lipinski definition) is 1. The monoisotopic (exact) mass is 604 g/mol. The zero-order valence-electron chi connectivity index (χ0n) is 24.5. The summed E-state index contributed by atoms with van der Waals surface area (Å²) in [4.78, 5) is 58.5. The lowest BCUT2D eigenvalue weighted by molar-refractivity contribution is -0.384. The van der Waals surface area contributed by atoms with Crippen LogP contribution in [0.5, 0.6) is 5.75 Å². The van der Waals surface area contributed by atoms with Crippen LogP contribution in [0.3, 0.4) is 0 Å². The van der Waals surface area contributed by atoms with Crippen molar-refractivity contribution in [1.82, 2.24) is 15.1 Å². The van der Waals surface area contributed by atoms with Crippen molar-refractivity contribution in [2.24, 2.45) is 11.8 Å². The minimum Gasteiger partial charge on any atom is -0.497 e. The molecule has 0 spiro atoms. The second-order valence-corrected chi connectivity index (χ2v) is 12.4. The summed E-state index contributed by atoms with van der Waals surface area (Å²) in [6.07, 6.45) is 0.216. The predicted octanol–water partition coefficient (Wildman–Crippen LogP) is 4.68. The van der Waals surface area contributed by atoms with E-state index in [0.717, 1.165) is 10.4 Å². The lowest BCUT2D eigenvalue weighted by atomic mass is 9.78. The van der Waals surface area contributed by atoms with Crippen LogP contribution in [0, 0.1) is 22.0 Å². The maximum absolute atomic E-state index is 14.6. The standard InChI is InChI=1S/C32H36N4O6S/c1-20(2)19-26(37)35-29(21-8-12-24(42-3)13-9-21)28(31(38)22-6-10-23(11-7-22)36(40)41)27(25-5-4-18-43-25)30(35)32(39)34-16-14-33-15-17-34/h4-13,18,20,27-30,33H,14-17,19H2,1-3H3. The van der Waals surface area contributed by atoms with E-state index in [2.05, 4.69) is 5.32 Å². The summed E-state index contributed by atoms with van der Waals surface area (Å²) in [6, 6.07) is 15.0. The third-order valence-electron chi connectivity index (χ3n) is 8.21. The van der Waals surface area contributed by atoms with E-state index in [1.165, 1.54) is 35.6 Å². The zero-order valence-corrected chi connectivity index (χ0v) is 25.3. The number of carbonyl (C=O) groups excluding carboxylic acids is 3. The number of rotatable bonds is 9. The first-order valence-corrected chi connectivity index (χ1v) is 15.4. The number of ketones is 1. The van der Waals surface area contributed by atoms with Gasteiger partial charge >= 0.3 is 0 Å². The summed E-state index contributed by atoms with van der Waals surface area (Å²) in [5.41, 5.74) is 0.891. The maximum atomic E-state index is 14.6. The molecule has 4 unspecified atom stereocenters. The normalized spacial score (nSPS) is 22.0. The molecular weight excluding hydrogens is 568 g/mol. The van der Waals surface area contributed by atoms with Gasteiger partial charge in [0.05, 0.1) is 24.0 Å². The summed E-state index contributed by atoms with van der Waals surface area (Å²) >= 11 is 1.46. The van der Waals surface area contributed by atoms with Crippen molar-refractivity contribution >= 4 is 34.6 Å². The maximum Gasteiger partial charge on any atom is 0.269 e. The van der Waals surface area contributed by atoms with Gasteiger partial charge in [0.2, 0.25) is 11.8 Å². The van der Waals surface area contributed by atoms with Gasteiger partial charge in [0.1, 0.15) is 11.8 Å². The average molecular weight is 605 g/mol. The molecule has 4 atom stereocenters. The van der Waals surface area contributed by atoms with Gasteiger partial charge in [0, 0.05) is 61.1 Å². The van der Waals surface area contributed by atoms with Crippen molar-refractivity contribution in [2.75, 3.05) is 33.3 Å². The Balaban J connectivity index is 1.72. The fourth-order valence-corrected chi connectivity index (χ4v) is 7.15. The number of benzene rings is 2. The third kappa shape index (κ3) is 6.18. The first kappa shape index (κ1) is 30.4. The van der Waals surface area contributed by atoms with Crippen LogP contribution < -0.4 is 10.1 Å². The first-order chi connectivity index (χ1) is 20.7. The number of ether oxygens (including phenoxy) is 1. The highest BCUT2D eigenvalue weighted by atomic mass is 32.1. The Morgan fingerprint density at radius 2 is 1.72 bits per heavy atom. The molecule has 1 N–H and O–H groups in total. The highest BCUT2D eigenvalue weighted by molar-refractivity contribution is 7.10. The number of likely N-dealkylation sites (tertiary alicyclic amines) is 1. The van der Waals surface area contributed by atoms with Crippen molar-refractivity contribution in [2.45, 2.75) is 38.3 Å². The molecule has 2 aromatic carbocycles. The molecule has 5 rings (SSSR count). The van der Waals surface area contributed by atoms with Crippen molar-refractivity contribution in [3.8, 4) is 5.75 Å². The highest BCUT2D eigenvalue weighted by Gasteiger charge is 2.58. The van der Waals surface area contributed by atoms with Gasteiger partial charge in [-0.15, -0.1) is 11.3 Å². The van der Waals surface area contributed by atoms with E-state index in [-0.39, 0.29) is 35.6 Å². The predicted molar refractivity (Wildman–Crippen MR) is 163 cm³/mol. The van der Waals surface area contributed by atoms with Gasteiger partial charge in [-0.25, -0.2) is 0 Å². The minimum atomic E-state index is -0.901. The molecule has 11 heteroatoms. The Morgan fingerprint density at radius 3 is 2.28 bits per heavy atom. The van der Waals surface area contributed by atoms with Crippen molar-refractivity contribution < 1.29 is 24.0 Å². The molecule has 0 aliphatic carbocycles. The Hall–Kier alpha value is -4.09. The summed E-state index contributed by atoms with van der Waals surface area (Å²) in [6.45, 7) is 6.23. The molecule has 2 aliphatic rings. The number of nitro groups is 1. The zero-order chi connectivity index (χ0) is 30.7. The molecule has 3 heterocycles. The number of Topliss-reactive ketones (excluding diaryl/α,β-unsaturated/α-hetero) is 1. The summed E-state index contributed by atoms with van der Waals surface area (Å²) in [5, 5.41) is 16.5.